The van der Waals surface area contributed by atoms with Crippen molar-refractivity contribution in [3.8, 4) is 11.1 Å². The van der Waals surface area contributed by atoms with E-state index in [1.165, 1.54) is 17.7 Å². The van der Waals surface area contributed by atoms with Crippen LogP contribution >= 0.6 is 0 Å². The predicted octanol–water partition coefficient (Wildman–Crippen LogP) is 4.65. The molecular weight excluding hydrogens is 211 g/mol. The highest BCUT2D eigenvalue weighted by molar-refractivity contribution is 5.64. The number of hydrogen-bond donors (Lipinski definition) is 0. The molecule has 0 bridgehead atoms. The van der Waals surface area contributed by atoms with E-state index in [0.717, 1.165) is 30.4 Å². The summed E-state index contributed by atoms with van der Waals surface area (Å²) >= 11 is 0. The second-order valence-corrected chi connectivity index (χ2v) is 4.16. The lowest BCUT2D eigenvalue weighted by molar-refractivity contribution is 0.628. The van der Waals surface area contributed by atoms with Crippen molar-refractivity contribution in [3.63, 3.8) is 0 Å². The van der Waals surface area contributed by atoms with Gasteiger partial charge in [-0.05, 0) is 41.7 Å². The van der Waals surface area contributed by atoms with E-state index in [-0.39, 0.29) is 5.82 Å². The van der Waals surface area contributed by atoms with Crippen molar-refractivity contribution in [2.45, 2.75) is 19.3 Å². The highest BCUT2D eigenvalue weighted by atomic mass is 19.1. The SMILES string of the molecule is [CH2]CCCc1cccc(-c2ccc(F)cc2)c1. The van der Waals surface area contributed by atoms with Crippen molar-refractivity contribution in [1.29, 1.82) is 0 Å². The van der Waals surface area contributed by atoms with Gasteiger partial charge in [0.05, 0.1) is 0 Å². The number of hydrogen-bond acceptors (Lipinski definition) is 0. The minimum atomic E-state index is -0.193. The monoisotopic (exact) mass is 227 g/mol. The Bertz CT molecular complexity index is 471. The van der Waals surface area contributed by atoms with Crippen LogP contribution < -0.4 is 0 Å². The zero-order valence-corrected chi connectivity index (χ0v) is 9.83. The first kappa shape index (κ1) is 11.8. The summed E-state index contributed by atoms with van der Waals surface area (Å²) in [5.74, 6) is -0.193. The summed E-state index contributed by atoms with van der Waals surface area (Å²) < 4.78 is 12.8. The summed E-state index contributed by atoms with van der Waals surface area (Å²) in [4.78, 5) is 0. The van der Waals surface area contributed by atoms with Crippen molar-refractivity contribution in [2.75, 3.05) is 0 Å². The van der Waals surface area contributed by atoms with E-state index in [0.29, 0.717) is 0 Å². The molecule has 0 aliphatic heterocycles. The fraction of sp³-hybridized carbons (Fsp3) is 0.188. The maximum atomic E-state index is 12.8. The Morgan fingerprint density at radius 2 is 1.71 bits per heavy atom. The third kappa shape index (κ3) is 3.16. The molecule has 87 valence electrons. The van der Waals surface area contributed by atoms with Crippen LogP contribution in [0.1, 0.15) is 18.4 Å². The summed E-state index contributed by atoms with van der Waals surface area (Å²) in [6.45, 7) is 3.85. The Morgan fingerprint density at radius 1 is 0.941 bits per heavy atom. The van der Waals surface area contributed by atoms with E-state index in [4.69, 9.17) is 0 Å². The average molecular weight is 227 g/mol. The molecule has 0 fully saturated rings. The first-order chi connectivity index (χ1) is 8.29. The number of halogens is 1. The molecule has 2 aromatic carbocycles. The lowest BCUT2D eigenvalue weighted by atomic mass is 10.0. The molecule has 0 saturated heterocycles. The molecule has 0 spiro atoms. The minimum Gasteiger partial charge on any atom is -0.207 e. The van der Waals surface area contributed by atoms with Gasteiger partial charge in [0.15, 0.2) is 0 Å². The van der Waals surface area contributed by atoms with Crippen LogP contribution in [0.3, 0.4) is 0 Å². The molecule has 0 aromatic heterocycles. The minimum absolute atomic E-state index is 0.193. The summed E-state index contributed by atoms with van der Waals surface area (Å²) in [5.41, 5.74) is 3.52. The molecule has 2 rings (SSSR count). The smallest absolute Gasteiger partial charge is 0.123 e. The Morgan fingerprint density at radius 3 is 2.41 bits per heavy atom. The van der Waals surface area contributed by atoms with E-state index in [1.54, 1.807) is 0 Å². The molecule has 0 unspecified atom stereocenters. The lowest BCUT2D eigenvalue weighted by Crippen LogP contribution is -1.86. The van der Waals surface area contributed by atoms with Crippen LogP contribution in [0.4, 0.5) is 4.39 Å². The lowest BCUT2D eigenvalue weighted by Gasteiger charge is -2.05. The van der Waals surface area contributed by atoms with E-state index < -0.39 is 0 Å². The maximum Gasteiger partial charge on any atom is 0.123 e. The second-order valence-electron chi connectivity index (χ2n) is 4.16. The van der Waals surface area contributed by atoms with Crippen LogP contribution in [-0.4, -0.2) is 0 Å². The standard InChI is InChI=1S/C16H16F/c1-2-3-5-13-6-4-7-15(12-13)14-8-10-16(17)11-9-14/h4,6-12H,1-3,5H2. The van der Waals surface area contributed by atoms with Crippen LogP contribution in [0.2, 0.25) is 0 Å². The van der Waals surface area contributed by atoms with Crippen molar-refractivity contribution in [1.82, 2.24) is 0 Å². The summed E-state index contributed by atoms with van der Waals surface area (Å²) in [7, 11) is 0. The van der Waals surface area contributed by atoms with E-state index in [1.807, 2.05) is 12.1 Å². The van der Waals surface area contributed by atoms with Gasteiger partial charge in [0.1, 0.15) is 5.82 Å². The van der Waals surface area contributed by atoms with Gasteiger partial charge in [-0.3, -0.25) is 0 Å². The number of unbranched alkanes of at least 4 members (excludes halogenated alkanes) is 1. The normalized spacial score (nSPS) is 10.5. The van der Waals surface area contributed by atoms with Gasteiger partial charge in [-0.15, -0.1) is 0 Å². The first-order valence-corrected chi connectivity index (χ1v) is 5.94. The Kier molecular flexibility index (Phi) is 3.92. The van der Waals surface area contributed by atoms with Crippen LogP contribution in [0.15, 0.2) is 48.5 Å². The average Bonchev–Trinajstić information content (AvgIpc) is 2.37. The third-order valence-electron chi connectivity index (χ3n) is 2.82. The number of benzene rings is 2. The fourth-order valence-corrected chi connectivity index (χ4v) is 1.88. The van der Waals surface area contributed by atoms with Gasteiger partial charge in [0.25, 0.3) is 0 Å². The quantitative estimate of drug-likeness (QED) is 0.713. The van der Waals surface area contributed by atoms with Crippen molar-refractivity contribution < 1.29 is 4.39 Å². The van der Waals surface area contributed by atoms with Crippen LogP contribution in [0.5, 0.6) is 0 Å². The molecule has 0 heterocycles. The molecule has 17 heavy (non-hydrogen) atoms. The Balaban J connectivity index is 2.23. The van der Waals surface area contributed by atoms with Crippen LogP contribution in [0, 0.1) is 12.7 Å². The number of aryl methyl sites for hydroxylation is 1. The molecule has 0 atom stereocenters. The second kappa shape index (κ2) is 5.62. The van der Waals surface area contributed by atoms with Crippen LogP contribution in [0.25, 0.3) is 11.1 Å². The molecule has 1 heteroatoms. The Labute approximate surface area is 102 Å². The topological polar surface area (TPSA) is 0 Å². The predicted molar refractivity (Wildman–Crippen MR) is 70.1 cm³/mol. The maximum absolute atomic E-state index is 12.8. The molecule has 0 amide bonds. The van der Waals surface area contributed by atoms with Gasteiger partial charge in [-0.25, -0.2) is 4.39 Å². The zero-order valence-electron chi connectivity index (χ0n) is 9.83. The van der Waals surface area contributed by atoms with Gasteiger partial charge >= 0.3 is 0 Å². The van der Waals surface area contributed by atoms with Crippen molar-refractivity contribution >= 4 is 0 Å². The van der Waals surface area contributed by atoms with Crippen LogP contribution in [-0.2, 0) is 6.42 Å². The van der Waals surface area contributed by atoms with E-state index >= 15 is 0 Å². The molecule has 0 aliphatic carbocycles. The van der Waals surface area contributed by atoms with Gasteiger partial charge in [-0.1, -0.05) is 49.7 Å². The molecular formula is C16H16F. The molecule has 1 radical (unpaired) electrons. The highest BCUT2D eigenvalue weighted by Gasteiger charge is 1.99. The van der Waals surface area contributed by atoms with E-state index in [2.05, 4.69) is 31.2 Å². The molecule has 2 aromatic rings. The van der Waals surface area contributed by atoms with E-state index in [9.17, 15) is 4.39 Å². The zero-order chi connectivity index (χ0) is 12.1. The summed E-state index contributed by atoms with van der Waals surface area (Å²) in [6.07, 6.45) is 3.12. The van der Waals surface area contributed by atoms with Gasteiger partial charge in [0.2, 0.25) is 0 Å². The fourth-order valence-electron chi connectivity index (χ4n) is 1.88. The van der Waals surface area contributed by atoms with Gasteiger partial charge < -0.3 is 0 Å². The Hall–Kier alpha value is -1.63. The summed E-state index contributed by atoms with van der Waals surface area (Å²) in [5, 5.41) is 0. The van der Waals surface area contributed by atoms with Gasteiger partial charge in [0, 0.05) is 0 Å². The van der Waals surface area contributed by atoms with Crippen molar-refractivity contribution in [2.24, 2.45) is 0 Å². The summed E-state index contributed by atoms with van der Waals surface area (Å²) in [6, 6.07) is 15.0. The number of rotatable bonds is 4. The van der Waals surface area contributed by atoms with Gasteiger partial charge in [-0.2, -0.15) is 0 Å². The molecule has 0 nitrogen and oxygen atoms in total. The van der Waals surface area contributed by atoms with Crippen molar-refractivity contribution in [3.05, 3.63) is 66.8 Å². The largest absolute Gasteiger partial charge is 0.207 e. The molecule has 0 aliphatic rings. The molecule has 0 N–H and O–H groups in total. The highest BCUT2D eigenvalue weighted by Crippen LogP contribution is 2.21. The third-order valence-corrected chi connectivity index (χ3v) is 2.82. The first-order valence-electron chi connectivity index (χ1n) is 5.94. The molecule has 0 saturated carbocycles.